The van der Waals surface area contributed by atoms with Crippen LogP contribution in [-0.4, -0.2) is 28.5 Å². The van der Waals surface area contributed by atoms with Crippen molar-refractivity contribution in [2.75, 3.05) is 18.5 Å². The Morgan fingerprint density at radius 3 is 2.40 bits per heavy atom. The number of hydrogen-bond donors (Lipinski definition) is 1. The number of anilines is 1. The molecule has 3 aromatic rings. The summed E-state index contributed by atoms with van der Waals surface area (Å²) in [6, 6.07) is 19.8. The van der Waals surface area contributed by atoms with Gasteiger partial charge in [0.25, 0.3) is 15.9 Å². The molecular weight excluding hydrogens is 424 g/mol. The van der Waals surface area contributed by atoms with Gasteiger partial charge in [0.2, 0.25) is 0 Å². The van der Waals surface area contributed by atoms with E-state index in [0.717, 1.165) is 9.87 Å². The smallest absolute Gasteiger partial charge is 0.264 e. The number of carbonyl (C=O) groups excluding carboxylic acids is 1. The first kappa shape index (κ1) is 21.7. The lowest BCUT2D eigenvalue weighted by Crippen LogP contribution is -2.27. The highest BCUT2D eigenvalue weighted by Crippen LogP contribution is 2.30. The van der Waals surface area contributed by atoms with Crippen molar-refractivity contribution in [3.63, 3.8) is 0 Å². The predicted molar refractivity (Wildman–Crippen MR) is 118 cm³/mol. The molecule has 0 spiro atoms. The minimum Gasteiger partial charge on any atom is -0.495 e. The molecule has 8 heteroatoms. The first-order valence-electron chi connectivity index (χ1n) is 9.07. The van der Waals surface area contributed by atoms with Gasteiger partial charge < -0.3 is 10.1 Å². The second kappa shape index (κ2) is 9.19. The Bertz CT molecular complexity index is 1150. The summed E-state index contributed by atoms with van der Waals surface area (Å²) >= 11 is 5.94. The lowest BCUT2D eigenvalue weighted by atomic mass is 10.2. The van der Waals surface area contributed by atoms with Crippen molar-refractivity contribution in [3.8, 4) is 5.75 Å². The van der Waals surface area contributed by atoms with E-state index in [9.17, 15) is 13.2 Å². The number of amides is 1. The molecule has 3 aromatic carbocycles. The Morgan fingerprint density at radius 1 is 1.03 bits per heavy atom. The van der Waals surface area contributed by atoms with Crippen LogP contribution in [0.4, 0.5) is 5.69 Å². The fourth-order valence-corrected chi connectivity index (χ4v) is 4.31. The van der Waals surface area contributed by atoms with Crippen LogP contribution in [0.1, 0.15) is 15.9 Å². The van der Waals surface area contributed by atoms with Crippen LogP contribution in [0.2, 0.25) is 5.02 Å². The highest BCUT2D eigenvalue weighted by molar-refractivity contribution is 7.92. The molecule has 3 rings (SSSR count). The molecule has 6 nitrogen and oxygen atoms in total. The third-order valence-electron chi connectivity index (χ3n) is 4.54. The number of methoxy groups -OCH3 is 1. The van der Waals surface area contributed by atoms with Crippen LogP contribution in [-0.2, 0) is 16.6 Å². The molecule has 0 fully saturated rings. The zero-order chi connectivity index (χ0) is 21.7. The van der Waals surface area contributed by atoms with Gasteiger partial charge in [-0.1, -0.05) is 35.9 Å². The molecule has 0 saturated heterocycles. The Kier molecular flexibility index (Phi) is 6.64. The number of hydrogen-bond acceptors (Lipinski definition) is 4. The highest BCUT2D eigenvalue weighted by atomic mass is 35.5. The molecule has 0 aliphatic heterocycles. The number of nitrogens with zero attached hydrogens (tertiary/aromatic N) is 1. The van der Waals surface area contributed by atoms with E-state index in [4.69, 9.17) is 16.3 Å². The maximum absolute atomic E-state index is 13.0. The SMILES string of the molecule is COc1ccccc1N(C)S(=O)(=O)c1ccc(C(=O)NCc2cccc(Cl)c2)cc1. The fraction of sp³-hybridized carbons (Fsp3) is 0.136. The molecule has 0 unspecified atom stereocenters. The van der Waals surface area contributed by atoms with Gasteiger partial charge in [-0.05, 0) is 54.1 Å². The van der Waals surface area contributed by atoms with E-state index in [1.807, 2.05) is 12.1 Å². The Labute approximate surface area is 181 Å². The summed E-state index contributed by atoms with van der Waals surface area (Å²) in [7, 11) is -0.881. The van der Waals surface area contributed by atoms with E-state index in [2.05, 4.69) is 5.32 Å². The van der Waals surface area contributed by atoms with Gasteiger partial charge >= 0.3 is 0 Å². The van der Waals surface area contributed by atoms with Crippen LogP contribution in [0.25, 0.3) is 0 Å². The molecule has 156 valence electrons. The Balaban J connectivity index is 1.74. The molecule has 30 heavy (non-hydrogen) atoms. The van der Waals surface area contributed by atoms with E-state index in [1.165, 1.54) is 38.4 Å². The number of benzene rings is 3. The minimum atomic E-state index is -3.82. The van der Waals surface area contributed by atoms with Crippen molar-refractivity contribution in [1.29, 1.82) is 0 Å². The summed E-state index contributed by atoms with van der Waals surface area (Å²) in [5.74, 6) is 0.137. The van der Waals surface area contributed by atoms with Gasteiger partial charge in [-0.3, -0.25) is 9.10 Å². The summed E-state index contributed by atoms with van der Waals surface area (Å²) in [6.45, 7) is 0.315. The van der Waals surface area contributed by atoms with E-state index in [-0.39, 0.29) is 10.8 Å². The normalized spacial score (nSPS) is 11.0. The van der Waals surface area contributed by atoms with Crippen LogP contribution in [0, 0.1) is 0 Å². The number of nitrogens with one attached hydrogen (secondary N) is 1. The predicted octanol–water partition coefficient (Wildman–Crippen LogP) is 4.10. The van der Waals surface area contributed by atoms with Gasteiger partial charge in [-0.2, -0.15) is 0 Å². The molecule has 0 aliphatic rings. The van der Waals surface area contributed by atoms with Gasteiger partial charge in [-0.15, -0.1) is 0 Å². The second-order valence-corrected chi connectivity index (χ2v) is 8.89. The number of carbonyl (C=O) groups is 1. The summed E-state index contributed by atoms with van der Waals surface area (Å²) in [5.41, 5.74) is 1.65. The van der Waals surface area contributed by atoms with Crippen molar-refractivity contribution >= 4 is 33.2 Å². The molecule has 1 N–H and O–H groups in total. The standard InChI is InChI=1S/C22H21ClN2O4S/c1-25(20-8-3-4-9-21(20)29-2)30(27,28)19-12-10-17(11-13-19)22(26)24-15-16-6-5-7-18(23)14-16/h3-14H,15H2,1-2H3,(H,24,26). The van der Waals surface area contributed by atoms with Crippen molar-refractivity contribution in [1.82, 2.24) is 5.32 Å². The van der Waals surface area contributed by atoms with Crippen molar-refractivity contribution in [2.24, 2.45) is 0 Å². The van der Waals surface area contributed by atoms with Crippen LogP contribution in [0.3, 0.4) is 0 Å². The summed E-state index contributed by atoms with van der Waals surface area (Å²) < 4.78 is 32.4. The highest BCUT2D eigenvalue weighted by Gasteiger charge is 2.23. The number of para-hydroxylation sites is 2. The number of halogens is 1. The minimum absolute atomic E-state index is 0.0716. The molecule has 0 radical (unpaired) electrons. The number of rotatable bonds is 7. The quantitative estimate of drug-likeness (QED) is 0.595. The molecule has 0 aliphatic carbocycles. The van der Waals surface area contributed by atoms with Crippen molar-refractivity contribution < 1.29 is 17.9 Å². The maximum atomic E-state index is 13.0. The molecule has 0 heterocycles. The monoisotopic (exact) mass is 444 g/mol. The first-order valence-corrected chi connectivity index (χ1v) is 10.9. The van der Waals surface area contributed by atoms with Gasteiger partial charge in [-0.25, -0.2) is 8.42 Å². The summed E-state index contributed by atoms with van der Waals surface area (Å²) in [5, 5.41) is 3.38. The van der Waals surface area contributed by atoms with E-state index in [0.29, 0.717) is 28.6 Å². The van der Waals surface area contributed by atoms with Crippen LogP contribution < -0.4 is 14.4 Å². The van der Waals surface area contributed by atoms with Gasteiger partial charge in [0.1, 0.15) is 5.75 Å². The first-order chi connectivity index (χ1) is 14.3. The van der Waals surface area contributed by atoms with E-state index >= 15 is 0 Å². The summed E-state index contributed by atoms with van der Waals surface area (Å²) in [6.07, 6.45) is 0. The van der Waals surface area contributed by atoms with Crippen molar-refractivity contribution in [3.05, 3.63) is 88.9 Å². The largest absolute Gasteiger partial charge is 0.495 e. The summed E-state index contributed by atoms with van der Waals surface area (Å²) in [4.78, 5) is 12.5. The maximum Gasteiger partial charge on any atom is 0.264 e. The Morgan fingerprint density at radius 2 is 1.73 bits per heavy atom. The zero-order valence-electron chi connectivity index (χ0n) is 16.5. The second-order valence-electron chi connectivity index (χ2n) is 6.48. The lowest BCUT2D eigenvalue weighted by molar-refractivity contribution is 0.0951. The van der Waals surface area contributed by atoms with E-state index in [1.54, 1.807) is 36.4 Å². The topological polar surface area (TPSA) is 75.7 Å². The van der Waals surface area contributed by atoms with Gasteiger partial charge in [0.15, 0.2) is 0 Å². The van der Waals surface area contributed by atoms with Gasteiger partial charge in [0, 0.05) is 24.2 Å². The molecule has 0 atom stereocenters. The molecule has 0 bridgehead atoms. The lowest BCUT2D eigenvalue weighted by Gasteiger charge is -2.21. The molecular formula is C22H21ClN2O4S. The molecule has 1 amide bonds. The van der Waals surface area contributed by atoms with Gasteiger partial charge in [0.05, 0.1) is 17.7 Å². The molecule has 0 aromatic heterocycles. The third kappa shape index (κ3) is 4.75. The number of sulfonamides is 1. The van der Waals surface area contributed by atoms with Crippen LogP contribution >= 0.6 is 11.6 Å². The van der Waals surface area contributed by atoms with Crippen molar-refractivity contribution in [2.45, 2.75) is 11.4 Å². The average molecular weight is 445 g/mol. The third-order valence-corrected chi connectivity index (χ3v) is 6.56. The van der Waals surface area contributed by atoms with Crippen LogP contribution in [0.15, 0.2) is 77.7 Å². The zero-order valence-corrected chi connectivity index (χ0v) is 18.1. The average Bonchev–Trinajstić information content (AvgIpc) is 2.77. The molecule has 0 saturated carbocycles. The van der Waals surface area contributed by atoms with E-state index < -0.39 is 10.0 Å². The Hall–Kier alpha value is -3.03. The fourth-order valence-electron chi connectivity index (χ4n) is 2.89. The van der Waals surface area contributed by atoms with Crippen LogP contribution in [0.5, 0.6) is 5.75 Å². The number of ether oxygens (including phenoxy) is 1.